The van der Waals surface area contributed by atoms with E-state index in [2.05, 4.69) is 4.98 Å². The first-order valence-electron chi connectivity index (χ1n) is 5.41. The number of rotatable bonds is 7. The van der Waals surface area contributed by atoms with Crippen molar-refractivity contribution >= 4 is 23.2 Å². The molecule has 0 aliphatic rings. The molecule has 0 spiro atoms. The van der Waals surface area contributed by atoms with E-state index in [1.165, 1.54) is 6.20 Å². The molecule has 0 aliphatic heterocycles. The summed E-state index contributed by atoms with van der Waals surface area (Å²) in [6.45, 7) is 0.441. The molecule has 1 rings (SSSR count). The van der Waals surface area contributed by atoms with Gasteiger partial charge in [0.25, 0.3) is 5.91 Å². The zero-order valence-electron chi connectivity index (χ0n) is 9.70. The molecular formula is C10H16N4O3S. The summed E-state index contributed by atoms with van der Waals surface area (Å²) in [4.78, 5) is 26.2. The van der Waals surface area contributed by atoms with Gasteiger partial charge in [0.15, 0.2) is 0 Å². The van der Waals surface area contributed by atoms with Crippen molar-refractivity contribution in [2.75, 3.05) is 6.54 Å². The molecule has 7 nitrogen and oxygen atoms in total. The van der Waals surface area contributed by atoms with E-state index in [0.717, 1.165) is 11.3 Å². The fraction of sp³-hybridized carbons (Fsp3) is 0.500. The zero-order valence-corrected chi connectivity index (χ0v) is 10.5. The third-order valence-corrected chi connectivity index (χ3v) is 3.67. The topological polar surface area (TPSA) is 145 Å². The molecule has 0 aliphatic carbocycles. The Kier molecular flexibility index (Phi) is 5.20. The highest BCUT2D eigenvalue weighted by Crippen LogP contribution is 2.28. The lowest BCUT2D eigenvalue weighted by Crippen LogP contribution is -2.36. The highest BCUT2D eigenvalue weighted by atomic mass is 32.1. The van der Waals surface area contributed by atoms with Crippen molar-refractivity contribution in [3.05, 3.63) is 16.1 Å². The minimum absolute atomic E-state index is 0.292. The zero-order chi connectivity index (χ0) is 13.7. The van der Waals surface area contributed by atoms with E-state index in [9.17, 15) is 9.59 Å². The molecule has 100 valence electrons. The van der Waals surface area contributed by atoms with Gasteiger partial charge in [0.1, 0.15) is 10.9 Å². The van der Waals surface area contributed by atoms with Gasteiger partial charge in [-0.2, -0.15) is 0 Å². The Balaban J connectivity index is 2.93. The predicted octanol–water partition coefficient (Wildman–Crippen LogP) is -0.524. The highest BCUT2D eigenvalue weighted by molar-refractivity contribution is 7.13. The summed E-state index contributed by atoms with van der Waals surface area (Å²) in [5.41, 5.74) is 16.2. The van der Waals surface area contributed by atoms with Crippen molar-refractivity contribution in [1.29, 1.82) is 0 Å². The molecule has 2 atom stereocenters. The first kappa shape index (κ1) is 14.6. The van der Waals surface area contributed by atoms with Crippen molar-refractivity contribution in [2.24, 2.45) is 17.2 Å². The van der Waals surface area contributed by atoms with E-state index in [1.54, 1.807) is 0 Å². The lowest BCUT2D eigenvalue weighted by molar-refractivity contribution is -0.139. The van der Waals surface area contributed by atoms with Crippen LogP contribution in [0.3, 0.4) is 0 Å². The number of thiazole rings is 1. The van der Waals surface area contributed by atoms with Crippen molar-refractivity contribution in [3.8, 4) is 0 Å². The second-order valence-corrected chi connectivity index (χ2v) is 4.89. The van der Waals surface area contributed by atoms with Gasteiger partial charge >= 0.3 is 5.97 Å². The number of aliphatic carboxylic acids is 1. The molecule has 1 heterocycles. The van der Waals surface area contributed by atoms with Crippen LogP contribution < -0.4 is 17.2 Å². The maximum Gasteiger partial charge on any atom is 0.321 e. The Morgan fingerprint density at radius 3 is 2.61 bits per heavy atom. The molecule has 0 fully saturated rings. The molecule has 7 N–H and O–H groups in total. The molecule has 0 radical (unpaired) electrons. The Labute approximate surface area is 108 Å². The fourth-order valence-electron chi connectivity index (χ4n) is 1.54. The van der Waals surface area contributed by atoms with Gasteiger partial charge in [-0.05, 0) is 19.4 Å². The Bertz CT molecular complexity index is 435. The molecule has 1 amide bonds. The molecule has 0 saturated carbocycles. The van der Waals surface area contributed by atoms with E-state index in [4.69, 9.17) is 22.3 Å². The largest absolute Gasteiger partial charge is 0.480 e. The number of primary amides is 1. The number of hydrogen-bond acceptors (Lipinski definition) is 6. The summed E-state index contributed by atoms with van der Waals surface area (Å²) in [5.74, 6) is -2.14. The first-order chi connectivity index (χ1) is 8.47. The molecule has 0 bridgehead atoms. The minimum atomic E-state index is -1.10. The Morgan fingerprint density at radius 1 is 1.50 bits per heavy atom. The average molecular weight is 272 g/mol. The summed E-state index contributed by atoms with van der Waals surface area (Å²) in [5, 5.41) is 9.46. The second kappa shape index (κ2) is 6.43. The fourth-order valence-corrected chi connectivity index (χ4v) is 2.49. The third-order valence-electron chi connectivity index (χ3n) is 2.52. The van der Waals surface area contributed by atoms with E-state index in [-0.39, 0.29) is 0 Å². The van der Waals surface area contributed by atoms with Crippen LogP contribution in [-0.4, -0.2) is 34.6 Å². The molecule has 18 heavy (non-hydrogen) atoms. The van der Waals surface area contributed by atoms with Crippen molar-refractivity contribution in [3.63, 3.8) is 0 Å². The van der Waals surface area contributed by atoms with Crippen LogP contribution in [-0.2, 0) is 4.79 Å². The van der Waals surface area contributed by atoms with E-state index >= 15 is 0 Å². The van der Waals surface area contributed by atoms with Crippen molar-refractivity contribution in [2.45, 2.75) is 24.8 Å². The van der Waals surface area contributed by atoms with Gasteiger partial charge in [0, 0.05) is 5.92 Å². The SMILES string of the molecule is NCCCC(c1ncc(C(N)=O)s1)[C@H](N)C(=O)O. The maximum absolute atomic E-state index is 11.0. The molecule has 0 saturated heterocycles. The number of carboxylic acid groups (broad SMARTS) is 1. The van der Waals surface area contributed by atoms with Crippen LogP contribution in [0, 0.1) is 0 Å². The molecule has 0 aromatic carbocycles. The van der Waals surface area contributed by atoms with Crippen LogP contribution in [0.15, 0.2) is 6.20 Å². The summed E-state index contributed by atoms with van der Waals surface area (Å²) < 4.78 is 0. The standard InChI is InChI=1S/C10H16N4O3S/c11-3-1-2-5(7(12)10(16)17)9-14-4-6(18-9)8(13)15/h4-5,7H,1-3,11-12H2,(H2,13,15)(H,16,17)/t5?,7-/m0/s1. The predicted molar refractivity (Wildman–Crippen MR) is 67.3 cm³/mol. The normalized spacial score (nSPS) is 14.1. The van der Waals surface area contributed by atoms with E-state index in [1.807, 2.05) is 0 Å². The van der Waals surface area contributed by atoms with Crippen LogP contribution in [0.1, 0.15) is 33.4 Å². The van der Waals surface area contributed by atoms with Crippen molar-refractivity contribution in [1.82, 2.24) is 4.98 Å². The van der Waals surface area contributed by atoms with Gasteiger partial charge in [0.05, 0.1) is 11.2 Å². The molecular weight excluding hydrogens is 256 g/mol. The highest BCUT2D eigenvalue weighted by Gasteiger charge is 2.28. The lowest BCUT2D eigenvalue weighted by atomic mass is 9.96. The van der Waals surface area contributed by atoms with Crippen molar-refractivity contribution < 1.29 is 14.7 Å². The Hall–Kier alpha value is -1.51. The van der Waals surface area contributed by atoms with Gasteiger partial charge < -0.3 is 22.3 Å². The smallest absolute Gasteiger partial charge is 0.321 e. The first-order valence-corrected chi connectivity index (χ1v) is 6.23. The molecule has 8 heteroatoms. The summed E-state index contributed by atoms with van der Waals surface area (Å²) >= 11 is 1.08. The number of nitrogens with zero attached hydrogens (tertiary/aromatic N) is 1. The van der Waals surface area contributed by atoms with Crippen LogP contribution in [0.25, 0.3) is 0 Å². The summed E-state index contributed by atoms with van der Waals surface area (Å²) in [7, 11) is 0. The number of aromatic nitrogens is 1. The van der Waals surface area contributed by atoms with Gasteiger partial charge in [-0.25, -0.2) is 4.98 Å². The lowest BCUT2D eigenvalue weighted by Gasteiger charge is -2.17. The summed E-state index contributed by atoms with van der Waals surface area (Å²) in [6.07, 6.45) is 2.49. The number of amides is 1. The summed E-state index contributed by atoms with van der Waals surface area (Å²) in [6, 6.07) is -1.07. The number of carbonyl (C=O) groups excluding carboxylic acids is 1. The van der Waals surface area contributed by atoms with E-state index < -0.39 is 23.8 Å². The monoisotopic (exact) mass is 272 g/mol. The van der Waals surface area contributed by atoms with Gasteiger partial charge in [-0.1, -0.05) is 0 Å². The quantitative estimate of drug-likeness (QED) is 0.525. The third kappa shape index (κ3) is 3.49. The van der Waals surface area contributed by atoms with Gasteiger partial charge in [0.2, 0.25) is 0 Å². The van der Waals surface area contributed by atoms with Gasteiger partial charge in [-0.3, -0.25) is 9.59 Å². The molecule has 1 aromatic rings. The van der Waals surface area contributed by atoms with Crippen LogP contribution in [0.5, 0.6) is 0 Å². The van der Waals surface area contributed by atoms with E-state index in [0.29, 0.717) is 29.3 Å². The number of nitrogens with two attached hydrogens (primary N) is 3. The number of carbonyl (C=O) groups is 2. The van der Waals surface area contributed by atoms with Crippen LogP contribution in [0.2, 0.25) is 0 Å². The average Bonchev–Trinajstić information content (AvgIpc) is 2.78. The maximum atomic E-state index is 11.0. The van der Waals surface area contributed by atoms with Crippen LogP contribution in [0.4, 0.5) is 0 Å². The molecule has 1 aromatic heterocycles. The number of carboxylic acids is 1. The van der Waals surface area contributed by atoms with Crippen LogP contribution >= 0.6 is 11.3 Å². The Morgan fingerprint density at radius 2 is 2.17 bits per heavy atom. The minimum Gasteiger partial charge on any atom is -0.480 e. The molecule has 1 unspecified atom stereocenters. The second-order valence-electron chi connectivity index (χ2n) is 3.83. The van der Waals surface area contributed by atoms with Gasteiger partial charge in [-0.15, -0.1) is 11.3 Å². The number of hydrogen-bond donors (Lipinski definition) is 4.